The molecule has 0 aliphatic rings. The number of thiophene rings is 1. The minimum Gasteiger partial charge on any atom is -0.480 e. The lowest BCUT2D eigenvalue weighted by Gasteiger charge is -2.16. The maximum Gasteiger partial charge on any atom is 0.232 e. The Hall–Kier alpha value is -0.660. The quantitative estimate of drug-likeness (QED) is 0.794. The standard InChI is InChI=1S/C11H11Br2N3OS/c1-16(5-7-3-9(13)18-6-7)11-14-4-8(12)10(15-11)17-2/h3-4,6H,5H2,1-2H3. The van der Waals surface area contributed by atoms with Gasteiger partial charge in [-0.25, -0.2) is 4.98 Å². The zero-order valence-electron chi connectivity index (χ0n) is 9.85. The molecule has 0 spiro atoms. The predicted octanol–water partition coefficient (Wildman–Crippen LogP) is 3.71. The molecule has 0 saturated heterocycles. The molecule has 96 valence electrons. The second-order valence-corrected chi connectivity index (χ2v) is 6.79. The highest BCUT2D eigenvalue weighted by atomic mass is 79.9. The molecule has 2 aromatic rings. The van der Waals surface area contributed by atoms with Crippen molar-refractivity contribution in [3.05, 3.63) is 31.5 Å². The van der Waals surface area contributed by atoms with Gasteiger partial charge in [0.05, 0.1) is 21.6 Å². The summed E-state index contributed by atoms with van der Waals surface area (Å²) in [7, 11) is 3.54. The van der Waals surface area contributed by atoms with E-state index in [9.17, 15) is 0 Å². The number of hydrogen-bond donors (Lipinski definition) is 0. The summed E-state index contributed by atoms with van der Waals surface area (Å²) in [6.07, 6.45) is 1.70. The first kappa shape index (κ1) is 13.8. The van der Waals surface area contributed by atoms with Crippen LogP contribution < -0.4 is 9.64 Å². The Morgan fingerprint density at radius 3 is 2.83 bits per heavy atom. The average molecular weight is 393 g/mol. The number of ether oxygens (including phenoxy) is 1. The summed E-state index contributed by atoms with van der Waals surface area (Å²) >= 11 is 8.46. The Bertz CT molecular complexity index is 547. The van der Waals surface area contributed by atoms with Crippen LogP contribution in [-0.4, -0.2) is 24.1 Å². The maximum absolute atomic E-state index is 5.16. The third-order valence-corrected chi connectivity index (χ3v) is 4.37. The fourth-order valence-corrected chi connectivity index (χ4v) is 3.00. The van der Waals surface area contributed by atoms with Gasteiger partial charge in [-0.15, -0.1) is 11.3 Å². The molecule has 2 rings (SSSR count). The van der Waals surface area contributed by atoms with Crippen molar-refractivity contribution in [1.82, 2.24) is 9.97 Å². The molecule has 0 radical (unpaired) electrons. The van der Waals surface area contributed by atoms with E-state index in [1.165, 1.54) is 5.56 Å². The number of hydrogen-bond acceptors (Lipinski definition) is 5. The number of methoxy groups -OCH3 is 1. The number of halogens is 2. The van der Waals surface area contributed by atoms with Gasteiger partial charge in [-0.2, -0.15) is 4.98 Å². The van der Waals surface area contributed by atoms with E-state index in [1.54, 1.807) is 24.6 Å². The third-order valence-electron chi connectivity index (χ3n) is 2.28. The van der Waals surface area contributed by atoms with Gasteiger partial charge in [0.25, 0.3) is 0 Å². The Balaban J connectivity index is 2.15. The van der Waals surface area contributed by atoms with Gasteiger partial charge in [-0.05, 0) is 48.9 Å². The first-order valence-corrected chi connectivity index (χ1v) is 7.57. The Morgan fingerprint density at radius 1 is 1.44 bits per heavy atom. The highest BCUT2D eigenvalue weighted by Crippen LogP contribution is 2.25. The second-order valence-electron chi connectivity index (χ2n) is 3.64. The van der Waals surface area contributed by atoms with E-state index in [4.69, 9.17) is 4.74 Å². The van der Waals surface area contributed by atoms with Crippen LogP contribution in [0.25, 0.3) is 0 Å². The van der Waals surface area contributed by atoms with E-state index in [-0.39, 0.29) is 0 Å². The summed E-state index contributed by atoms with van der Waals surface area (Å²) in [6.45, 7) is 0.757. The number of nitrogens with zero attached hydrogens (tertiary/aromatic N) is 3. The van der Waals surface area contributed by atoms with Crippen molar-refractivity contribution in [3.8, 4) is 5.88 Å². The molecule has 7 heteroatoms. The van der Waals surface area contributed by atoms with Crippen LogP contribution in [-0.2, 0) is 6.54 Å². The molecule has 0 aromatic carbocycles. The van der Waals surface area contributed by atoms with Crippen LogP contribution in [0.5, 0.6) is 5.88 Å². The number of anilines is 1. The minimum atomic E-state index is 0.540. The zero-order chi connectivity index (χ0) is 13.1. The van der Waals surface area contributed by atoms with Crippen molar-refractivity contribution < 1.29 is 4.74 Å². The van der Waals surface area contributed by atoms with Gasteiger partial charge in [0.1, 0.15) is 0 Å². The molecule has 0 N–H and O–H groups in total. The van der Waals surface area contributed by atoms with Gasteiger partial charge < -0.3 is 9.64 Å². The molecule has 2 heterocycles. The summed E-state index contributed by atoms with van der Waals surface area (Å²) < 4.78 is 7.04. The molecule has 0 saturated carbocycles. The molecule has 0 amide bonds. The molecule has 0 unspecified atom stereocenters. The topological polar surface area (TPSA) is 38.2 Å². The Labute approximate surface area is 126 Å². The first-order chi connectivity index (χ1) is 8.60. The highest BCUT2D eigenvalue weighted by molar-refractivity contribution is 9.11. The second kappa shape index (κ2) is 5.99. The molecular formula is C11H11Br2N3OS. The molecule has 2 aromatic heterocycles. The minimum absolute atomic E-state index is 0.540. The molecule has 0 bridgehead atoms. The Morgan fingerprint density at radius 2 is 2.22 bits per heavy atom. The lowest BCUT2D eigenvalue weighted by atomic mass is 10.3. The van der Waals surface area contributed by atoms with Crippen LogP contribution >= 0.6 is 43.2 Å². The van der Waals surface area contributed by atoms with Crippen molar-refractivity contribution in [3.63, 3.8) is 0 Å². The van der Waals surface area contributed by atoms with Gasteiger partial charge in [0, 0.05) is 13.6 Å². The lowest BCUT2D eigenvalue weighted by molar-refractivity contribution is 0.394. The molecule has 4 nitrogen and oxygen atoms in total. The first-order valence-electron chi connectivity index (χ1n) is 5.10. The summed E-state index contributed by atoms with van der Waals surface area (Å²) in [6, 6.07) is 2.09. The summed E-state index contributed by atoms with van der Waals surface area (Å²) in [5, 5.41) is 2.11. The molecule has 0 aliphatic carbocycles. The fourth-order valence-electron chi connectivity index (χ4n) is 1.44. The van der Waals surface area contributed by atoms with E-state index in [2.05, 4.69) is 53.3 Å². The fraction of sp³-hybridized carbons (Fsp3) is 0.273. The van der Waals surface area contributed by atoms with Crippen molar-refractivity contribution in [1.29, 1.82) is 0 Å². The summed E-state index contributed by atoms with van der Waals surface area (Å²) in [5.74, 6) is 1.18. The van der Waals surface area contributed by atoms with E-state index in [1.807, 2.05) is 11.9 Å². The zero-order valence-corrected chi connectivity index (χ0v) is 13.8. The van der Waals surface area contributed by atoms with Crippen molar-refractivity contribution >= 4 is 49.1 Å². The van der Waals surface area contributed by atoms with Crippen LogP contribution in [0.15, 0.2) is 25.9 Å². The van der Waals surface area contributed by atoms with Crippen molar-refractivity contribution in [2.45, 2.75) is 6.54 Å². The van der Waals surface area contributed by atoms with Gasteiger partial charge >= 0.3 is 0 Å². The van der Waals surface area contributed by atoms with E-state index >= 15 is 0 Å². The van der Waals surface area contributed by atoms with Gasteiger partial charge in [-0.1, -0.05) is 0 Å². The smallest absolute Gasteiger partial charge is 0.232 e. The van der Waals surface area contributed by atoms with E-state index in [0.29, 0.717) is 11.8 Å². The number of aromatic nitrogens is 2. The molecule has 0 fully saturated rings. The van der Waals surface area contributed by atoms with Gasteiger partial charge in [0.15, 0.2) is 0 Å². The van der Waals surface area contributed by atoms with E-state index < -0.39 is 0 Å². The average Bonchev–Trinajstić information content (AvgIpc) is 2.75. The van der Waals surface area contributed by atoms with Crippen LogP contribution in [0.2, 0.25) is 0 Å². The van der Waals surface area contributed by atoms with Crippen LogP contribution in [0.3, 0.4) is 0 Å². The normalized spacial score (nSPS) is 10.4. The number of rotatable bonds is 4. The van der Waals surface area contributed by atoms with Gasteiger partial charge in [-0.3, -0.25) is 0 Å². The van der Waals surface area contributed by atoms with Crippen LogP contribution in [0.1, 0.15) is 5.56 Å². The predicted molar refractivity (Wildman–Crippen MR) is 80.4 cm³/mol. The summed E-state index contributed by atoms with van der Waals surface area (Å²) in [4.78, 5) is 10.6. The van der Waals surface area contributed by atoms with Crippen LogP contribution in [0, 0.1) is 0 Å². The molecule has 0 atom stereocenters. The largest absolute Gasteiger partial charge is 0.480 e. The van der Waals surface area contributed by atoms with Crippen LogP contribution in [0.4, 0.5) is 5.95 Å². The Kier molecular flexibility index (Phi) is 4.58. The third kappa shape index (κ3) is 3.21. The van der Waals surface area contributed by atoms with Crippen molar-refractivity contribution in [2.24, 2.45) is 0 Å². The molecule has 18 heavy (non-hydrogen) atoms. The molecular weight excluding hydrogens is 382 g/mol. The summed E-state index contributed by atoms with van der Waals surface area (Å²) in [5.41, 5.74) is 1.22. The molecule has 0 aliphatic heterocycles. The lowest BCUT2D eigenvalue weighted by Crippen LogP contribution is -2.18. The van der Waals surface area contributed by atoms with Crippen molar-refractivity contribution in [2.75, 3.05) is 19.1 Å². The van der Waals surface area contributed by atoms with E-state index in [0.717, 1.165) is 14.8 Å². The highest BCUT2D eigenvalue weighted by Gasteiger charge is 2.10. The maximum atomic E-state index is 5.16. The monoisotopic (exact) mass is 391 g/mol. The SMILES string of the molecule is COc1nc(N(C)Cc2csc(Br)c2)ncc1Br. The van der Waals surface area contributed by atoms with Gasteiger partial charge in [0.2, 0.25) is 11.8 Å².